The number of hydrogen-bond acceptors (Lipinski definition) is 1. The first-order valence-electron chi connectivity index (χ1n) is 10.1. The highest BCUT2D eigenvalue weighted by Gasteiger charge is 2.12. The summed E-state index contributed by atoms with van der Waals surface area (Å²) in [6.07, 6.45) is 11.5. The van der Waals surface area contributed by atoms with Crippen molar-refractivity contribution < 1.29 is 5.11 Å². The lowest BCUT2D eigenvalue weighted by Gasteiger charge is -2.15. The summed E-state index contributed by atoms with van der Waals surface area (Å²) >= 11 is 0. The maximum Gasteiger partial charge on any atom is 0.119 e. The molecule has 0 aliphatic carbocycles. The van der Waals surface area contributed by atoms with Crippen molar-refractivity contribution in [3.8, 4) is 5.75 Å². The van der Waals surface area contributed by atoms with Gasteiger partial charge in [-0.3, -0.25) is 0 Å². The Kier molecular flexibility index (Phi) is 8.59. The van der Waals surface area contributed by atoms with E-state index >= 15 is 0 Å². The second-order valence-corrected chi connectivity index (χ2v) is 7.36. The Morgan fingerprint density at radius 3 is 2.20 bits per heavy atom. The van der Waals surface area contributed by atoms with Crippen molar-refractivity contribution in [2.75, 3.05) is 0 Å². The van der Waals surface area contributed by atoms with Gasteiger partial charge in [-0.1, -0.05) is 94.8 Å². The Balaban J connectivity index is 1.84. The number of unbranched alkanes of at least 4 members (excludes halogenated alkanes) is 6. The standard InChI is InChI=1S/C24H34O/c1-3-4-5-6-7-8-10-15-22-16-17-24(25)23(19-22)20(2)18-21-13-11-9-12-14-21/h9,11-14,16-17,19-20,25H,3-8,10,15,18H2,1-2H3. The number of phenolic OH excluding ortho intramolecular Hbond substituents is 1. The molecular formula is C24H34O. The van der Waals surface area contributed by atoms with Crippen LogP contribution in [0.5, 0.6) is 5.75 Å². The number of phenols is 1. The van der Waals surface area contributed by atoms with Crippen molar-refractivity contribution >= 4 is 0 Å². The van der Waals surface area contributed by atoms with E-state index in [0.29, 0.717) is 11.7 Å². The fraction of sp³-hybridized carbons (Fsp3) is 0.500. The summed E-state index contributed by atoms with van der Waals surface area (Å²) in [7, 11) is 0. The highest BCUT2D eigenvalue weighted by molar-refractivity contribution is 5.39. The first-order valence-corrected chi connectivity index (χ1v) is 10.1. The van der Waals surface area contributed by atoms with Crippen LogP contribution in [0.4, 0.5) is 0 Å². The smallest absolute Gasteiger partial charge is 0.119 e. The van der Waals surface area contributed by atoms with E-state index in [-0.39, 0.29) is 0 Å². The Labute approximate surface area is 154 Å². The molecule has 0 saturated carbocycles. The zero-order valence-electron chi connectivity index (χ0n) is 16.0. The van der Waals surface area contributed by atoms with E-state index < -0.39 is 0 Å². The largest absolute Gasteiger partial charge is 0.508 e. The lowest BCUT2D eigenvalue weighted by atomic mass is 9.91. The summed E-state index contributed by atoms with van der Waals surface area (Å²) in [5.74, 6) is 0.767. The highest BCUT2D eigenvalue weighted by Crippen LogP contribution is 2.29. The number of hydrogen-bond donors (Lipinski definition) is 1. The summed E-state index contributed by atoms with van der Waals surface area (Å²) in [5.41, 5.74) is 3.78. The molecule has 0 aliphatic heterocycles. The van der Waals surface area contributed by atoms with E-state index in [2.05, 4.69) is 56.3 Å². The Morgan fingerprint density at radius 1 is 0.800 bits per heavy atom. The fourth-order valence-corrected chi connectivity index (χ4v) is 3.52. The predicted molar refractivity (Wildman–Crippen MR) is 108 cm³/mol. The molecule has 2 rings (SSSR count). The van der Waals surface area contributed by atoms with Crippen molar-refractivity contribution in [1.82, 2.24) is 0 Å². The molecule has 136 valence electrons. The van der Waals surface area contributed by atoms with E-state index in [9.17, 15) is 5.11 Å². The van der Waals surface area contributed by atoms with Crippen molar-refractivity contribution in [1.29, 1.82) is 0 Å². The Morgan fingerprint density at radius 2 is 1.48 bits per heavy atom. The zero-order valence-corrected chi connectivity index (χ0v) is 16.0. The second kappa shape index (κ2) is 11.0. The molecule has 0 amide bonds. The molecule has 2 aromatic carbocycles. The molecule has 1 N–H and O–H groups in total. The highest BCUT2D eigenvalue weighted by atomic mass is 16.3. The summed E-state index contributed by atoms with van der Waals surface area (Å²) in [5, 5.41) is 10.3. The topological polar surface area (TPSA) is 20.2 Å². The minimum atomic E-state index is 0.330. The molecule has 0 bridgehead atoms. The molecule has 1 atom stereocenters. The van der Waals surface area contributed by atoms with Crippen LogP contribution >= 0.6 is 0 Å². The zero-order chi connectivity index (χ0) is 17.9. The van der Waals surface area contributed by atoms with Crippen LogP contribution in [-0.2, 0) is 12.8 Å². The van der Waals surface area contributed by atoms with E-state index in [1.165, 1.54) is 56.1 Å². The number of rotatable bonds is 11. The molecule has 1 unspecified atom stereocenters. The van der Waals surface area contributed by atoms with Crippen LogP contribution in [0.15, 0.2) is 48.5 Å². The third-order valence-electron chi connectivity index (χ3n) is 5.08. The van der Waals surface area contributed by atoms with Crippen LogP contribution in [0.1, 0.15) is 81.4 Å². The van der Waals surface area contributed by atoms with Crippen LogP contribution in [-0.4, -0.2) is 5.11 Å². The van der Waals surface area contributed by atoms with Gasteiger partial charge in [0.05, 0.1) is 0 Å². The SMILES string of the molecule is CCCCCCCCCc1ccc(O)c(C(C)Cc2ccccc2)c1. The van der Waals surface area contributed by atoms with Crippen molar-refractivity contribution in [2.45, 2.75) is 77.6 Å². The van der Waals surface area contributed by atoms with Gasteiger partial charge in [-0.2, -0.15) is 0 Å². The summed E-state index contributed by atoms with van der Waals surface area (Å²) in [6, 6.07) is 16.7. The van der Waals surface area contributed by atoms with E-state index in [4.69, 9.17) is 0 Å². The molecule has 0 saturated heterocycles. The van der Waals surface area contributed by atoms with E-state index in [1.54, 1.807) is 0 Å². The number of aromatic hydroxyl groups is 1. The predicted octanol–water partition coefficient (Wildman–Crippen LogP) is 7.03. The van der Waals surface area contributed by atoms with Gasteiger partial charge in [0.25, 0.3) is 0 Å². The lowest BCUT2D eigenvalue weighted by Crippen LogP contribution is -2.00. The third kappa shape index (κ3) is 6.94. The first-order chi connectivity index (χ1) is 12.2. The van der Waals surface area contributed by atoms with Crippen LogP contribution in [0.25, 0.3) is 0 Å². The molecule has 0 aromatic heterocycles. The van der Waals surface area contributed by atoms with E-state index in [0.717, 1.165) is 18.4 Å². The van der Waals surface area contributed by atoms with Crippen LogP contribution < -0.4 is 0 Å². The quantitative estimate of drug-likeness (QED) is 0.436. The second-order valence-electron chi connectivity index (χ2n) is 7.36. The summed E-state index contributed by atoms with van der Waals surface area (Å²) in [4.78, 5) is 0. The van der Waals surface area contributed by atoms with Gasteiger partial charge >= 0.3 is 0 Å². The van der Waals surface area contributed by atoms with Crippen LogP contribution in [0.3, 0.4) is 0 Å². The maximum absolute atomic E-state index is 10.3. The summed E-state index contributed by atoms with van der Waals surface area (Å²) < 4.78 is 0. The van der Waals surface area contributed by atoms with Crippen molar-refractivity contribution in [3.05, 3.63) is 65.2 Å². The van der Waals surface area contributed by atoms with Gasteiger partial charge in [0.15, 0.2) is 0 Å². The third-order valence-corrected chi connectivity index (χ3v) is 5.08. The van der Waals surface area contributed by atoms with Crippen molar-refractivity contribution in [2.24, 2.45) is 0 Å². The minimum absolute atomic E-state index is 0.330. The molecule has 25 heavy (non-hydrogen) atoms. The molecular weight excluding hydrogens is 304 g/mol. The van der Waals surface area contributed by atoms with Gasteiger partial charge in [0.1, 0.15) is 5.75 Å². The molecule has 0 fully saturated rings. The monoisotopic (exact) mass is 338 g/mol. The normalized spacial score (nSPS) is 12.2. The van der Waals surface area contributed by atoms with Gasteiger partial charge in [-0.25, -0.2) is 0 Å². The van der Waals surface area contributed by atoms with Crippen LogP contribution in [0.2, 0.25) is 0 Å². The fourth-order valence-electron chi connectivity index (χ4n) is 3.52. The molecule has 0 radical (unpaired) electrons. The molecule has 1 nitrogen and oxygen atoms in total. The van der Waals surface area contributed by atoms with Crippen molar-refractivity contribution in [3.63, 3.8) is 0 Å². The lowest BCUT2D eigenvalue weighted by molar-refractivity contribution is 0.462. The maximum atomic E-state index is 10.3. The molecule has 1 heteroatoms. The van der Waals surface area contributed by atoms with Gasteiger partial charge in [-0.15, -0.1) is 0 Å². The summed E-state index contributed by atoms with van der Waals surface area (Å²) in [6.45, 7) is 4.47. The van der Waals surface area contributed by atoms with E-state index in [1.807, 2.05) is 6.07 Å². The Bertz CT molecular complexity index is 603. The molecule has 0 aliphatic rings. The molecule has 2 aromatic rings. The number of benzene rings is 2. The average molecular weight is 339 g/mol. The van der Waals surface area contributed by atoms with Crippen LogP contribution in [0, 0.1) is 0 Å². The molecule has 0 heterocycles. The van der Waals surface area contributed by atoms with Gasteiger partial charge < -0.3 is 5.11 Å². The minimum Gasteiger partial charge on any atom is -0.508 e. The van der Waals surface area contributed by atoms with Gasteiger partial charge in [-0.05, 0) is 47.9 Å². The van der Waals surface area contributed by atoms with Gasteiger partial charge in [0, 0.05) is 0 Å². The number of aryl methyl sites for hydroxylation is 1. The Hall–Kier alpha value is -1.76. The van der Waals surface area contributed by atoms with Gasteiger partial charge in [0.2, 0.25) is 0 Å². The molecule has 0 spiro atoms. The average Bonchev–Trinajstić information content (AvgIpc) is 2.63. The first kappa shape index (κ1) is 19.6.